The molecule has 1 spiro atoms. The SMILES string of the molecule is O=C1N(c2cncnc2)CC[C@@]12CCCN(c1ncc(F)cn1)C2. The molecule has 2 fully saturated rings. The smallest absolute Gasteiger partial charge is 0.235 e. The monoisotopic (exact) mass is 328 g/mol. The third kappa shape index (κ3) is 2.47. The van der Waals surface area contributed by atoms with E-state index in [2.05, 4.69) is 19.9 Å². The van der Waals surface area contributed by atoms with Crippen molar-refractivity contribution in [2.45, 2.75) is 19.3 Å². The van der Waals surface area contributed by atoms with Crippen molar-refractivity contribution < 1.29 is 9.18 Å². The highest BCUT2D eigenvalue weighted by Crippen LogP contribution is 2.42. The molecule has 7 nitrogen and oxygen atoms in total. The van der Waals surface area contributed by atoms with Gasteiger partial charge in [-0.2, -0.15) is 0 Å². The lowest BCUT2D eigenvalue weighted by molar-refractivity contribution is -0.126. The van der Waals surface area contributed by atoms with Crippen LogP contribution >= 0.6 is 0 Å². The van der Waals surface area contributed by atoms with Crippen molar-refractivity contribution in [1.82, 2.24) is 19.9 Å². The van der Waals surface area contributed by atoms with Crippen molar-refractivity contribution in [3.05, 3.63) is 36.9 Å². The number of rotatable bonds is 2. The molecule has 124 valence electrons. The van der Waals surface area contributed by atoms with Crippen LogP contribution in [0.1, 0.15) is 19.3 Å². The Bertz CT molecular complexity index is 740. The summed E-state index contributed by atoms with van der Waals surface area (Å²) >= 11 is 0. The van der Waals surface area contributed by atoms with Gasteiger partial charge in [-0.05, 0) is 19.3 Å². The van der Waals surface area contributed by atoms with Gasteiger partial charge in [-0.25, -0.2) is 24.3 Å². The number of hydrogen-bond donors (Lipinski definition) is 0. The van der Waals surface area contributed by atoms with Crippen molar-refractivity contribution in [1.29, 1.82) is 0 Å². The summed E-state index contributed by atoms with van der Waals surface area (Å²) in [7, 11) is 0. The first-order valence-electron chi connectivity index (χ1n) is 7.97. The Morgan fingerprint density at radius 2 is 1.79 bits per heavy atom. The molecule has 2 aliphatic rings. The van der Waals surface area contributed by atoms with E-state index in [1.165, 1.54) is 6.33 Å². The number of aromatic nitrogens is 4. The number of halogens is 1. The van der Waals surface area contributed by atoms with Crippen LogP contribution in [0.25, 0.3) is 0 Å². The molecule has 2 aromatic rings. The Labute approximate surface area is 138 Å². The third-order valence-corrected chi connectivity index (χ3v) is 4.84. The number of carbonyl (C=O) groups excluding carboxylic acids is 1. The average molecular weight is 328 g/mol. The number of piperidine rings is 1. The quantitative estimate of drug-likeness (QED) is 0.830. The molecule has 2 aromatic heterocycles. The van der Waals surface area contributed by atoms with Gasteiger partial charge in [0.15, 0.2) is 5.82 Å². The zero-order valence-corrected chi connectivity index (χ0v) is 13.1. The molecule has 0 saturated carbocycles. The first-order valence-corrected chi connectivity index (χ1v) is 7.97. The van der Waals surface area contributed by atoms with Crippen molar-refractivity contribution in [3.63, 3.8) is 0 Å². The van der Waals surface area contributed by atoms with Gasteiger partial charge in [0, 0.05) is 19.6 Å². The Hall–Kier alpha value is -2.64. The molecule has 0 bridgehead atoms. The summed E-state index contributed by atoms with van der Waals surface area (Å²) in [6.45, 7) is 1.99. The standard InChI is InChI=1S/C16H17FN6O/c17-12-6-20-15(21-7-12)22-4-1-2-16(10-22)3-5-23(14(16)24)13-8-18-11-19-9-13/h6-9,11H,1-5,10H2/t16-/m1/s1. The van der Waals surface area contributed by atoms with Gasteiger partial charge >= 0.3 is 0 Å². The van der Waals surface area contributed by atoms with Crippen LogP contribution in [-0.2, 0) is 4.79 Å². The number of anilines is 2. The molecule has 1 amide bonds. The van der Waals surface area contributed by atoms with E-state index in [0.29, 0.717) is 19.0 Å². The van der Waals surface area contributed by atoms with E-state index in [1.54, 1.807) is 17.3 Å². The van der Waals surface area contributed by atoms with Gasteiger partial charge in [0.1, 0.15) is 6.33 Å². The maximum Gasteiger partial charge on any atom is 0.235 e. The van der Waals surface area contributed by atoms with Crippen molar-refractivity contribution in [2.24, 2.45) is 5.41 Å². The molecular weight excluding hydrogens is 311 g/mol. The van der Waals surface area contributed by atoms with E-state index >= 15 is 0 Å². The van der Waals surface area contributed by atoms with Crippen molar-refractivity contribution in [3.8, 4) is 0 Å². The zero-order chi connectivity index (χ0) is 16.6. The molecule has 0 aliphatic carbocycles. The maximum absolute atomic E-state index is 13.1. The van der Waals surface area contributed by atoms with E-state index in [9.17, 15) is 9.18 Å². The summed E-state index contributed by atoms with van der Waals surface area (Å²) in [4.78, 5) is 32.9. The molecule has 24 heavy (non-hydrogen) atoms. The zero-order valence-electron chi connectivity index (χ0n) is 13.1. The van der Waals surface area contributed by atoms with Gasteiger partial charge in [-0.1, -0.05) is 0 Å². The summed E-state index contributed by atoms with van der Waals surface area (Å²) < 4.78 is 13.0. The minimum atomic E-state index is -0.460. The fraction of sp³-hybridized carbons (Fsp3) is 0.438. The van der Waals surface area contributed by atoms with Crippen LogP contribution in [-0.4, -0.2) is 45.5 Å². The lowest BCUT2D eigenvalue weighted by atomic mass is 9.78. The highest BCUT2D eigenvalue weighted by molar-refractivity contribution is 6.00. The Balaban J connectivity index is 1.57. The summed E-state index contributed by atoms with van der Waals surface area (Å²) in [5, 5.41) is 0. The number of amides is 1. The lowest BCUT2D eigenvalue weighted by Gasteiger charge is -2.38. The number of hydrogen-bond acceptors (Lipinski definition) is 6. The third-order valence-electron chi connectivity index (χ3n) is 4.84. The molecule has 0 aromatic carbocycles. The highest BCUT2D eigenvalue weighted by Gasteiger charge is 2.49. The van der Waals surface area contributed by atoms with Crippen LogP contribution in [0.5, 0.6) is 0 Å². The molecular formula is C16H17FN6O. The average Bonchev–Trinajstić information content (AvgIpc) is 2.93. The summed E-state index contributed by atoms with van der Waals surface area (Å²) in [5.74, 6) is 0.117. The van der Waals surface area contributed by atoms with Gasteiger partial charge in [-0.15, -0.1) is 0 Å². The molecule has 4 rings (SSSR count). The van der Waals surface area contributed by atoms with Gasteiger partial charge < -0.3 is 9.80 Å². The van der Waals surface area contributed by atoms with Crippen LogP contribution in [0.4, 0.5) is 16.0 Å². The molecule has 2 aliphatic heterocycles. The molecule has 2 saturated heterocycles. The minimum absolute atomic E-state index is 0.101. The largest absolute Gasteiger partial charge is 0.340 e. The minimum Gasteiger partial charge on any atom is -0.340 e. The summed E-state index contributed by atoms with van der Waals surface area (Å²) in [5.41, 5.74) is 0.292. The van der Waals surface area contributed by atoms with Crippen LogP contribution < -0.4 is 9.80 Å². The second-order valence-electron chi connectivity index (χ2n) is 6.31. The lowest BCUT2D eigenvalue weighted by Crippen LogP contribution is -2.48. The summed E-state index contributed by atoms with van der Waals surface area (Å²) in [6.07, 6.45) is 9.59. The number of nitrogens with zero attached hydrogens (tertiary/aromatic N) is 6. The topological polar surface area (TPSA) is 75.1 Å². The van der Waals surface area contributed by atoms with Gasteiger partial charge in [0.05, 0.1) is 35.9 Å². The molecule has 0 N–H and O–H groups in total. The molecule has 0 unspecified atom stereocenters. The van der Waals surface area contributed by atoms with Crippen LogP contribution in [0.15, 0.2) is 31.1 Å². The molecule has 1 atom stereocenters. The summed E-state index contributed by atoms with van der Waals surface area (Å²) in [6, 6.07) is 0. The second-order valence-corrected chi connectivity index (χ2v) is 6.31. The Morgan fingerprint density at radius 3 is 2.54 bits per heavy atom. The van der Waals surface area contributed by atoms with Crippen LogP contribution in [0, 0.1) is 11.2 Å². The van der Waals surface area contributed by atoms with E-state index in [1.807, 2.05) is 4.90 Å². The number of carbonyl (C=O) groups is 1. The van der Waals surface area contributed by atoms with Gasteiger partial charge in [-0.3, -0.25) is 4.79 Å². The van der Waals surface area contributed by atoms with E-state index in [0.717, 1.165) is 43.9 Å². The maximum atomic E-state index is 13.1. The fourth-order valence-corrected chi connectivity index (χ4v) is 3.65. The van der Waals surface area contributed by atoms with Crippen LogP contribution in [0.3, 0.4) is 0 Å². The Kier molecular flexibility index (Phi) is 3.59. The molecule has 8 heteroatoms. The normalized spacial score (nSPS) is 24.0. The van der Waals surface area contributed by atoms with E-state index in [4.69, 9.17) is 0 Å². The van der Waals surface area contributed by atoms with Gasteiger partial charge in [0.2, 0.25) is 11.9 Å². The first kappa shape index (κ1) is 14.9. The first-order chi connectivity index (χ1) is 11.7. The second kappa shape index (κ2) is 5.77. The van der Waals surface area contributed by atoms with Crippen LogP contribution in [0.2, 0.25) is 0 Å². The van der Waals surface area contributed by atoms with Crippen molar-refractivity contribution in [2.75, 3.05) is 29.4 Å². The van der Waals surface area contributed by atoms with Gasteiger partial charge in [0.25, 0.3) is 0 Å². The van der Waals surface area contributed by atoms with Crippen molar-refractivity contribution >= 4 is 17.5 Å². The van der Waals surface area contributed by atoms with E-state index in [-0.39, 0.29) is 5.91 Å². The molecule has 4 heterocycles. The predicted octanol–water partition coefficient (Wildman–Crippen LogP) is 1.43. The Morgan fingerprint density at radius 1 is 1.04 bits per heavy atom. The fourth-order valence-electron chi connectivity index (χ4n) is 3.65. The van der Waals surface area contributed by atoms with E-state index < -0.39 is 11.2 Å². The predicted molar refractivity (Wildman–Crippen MR) is 84.9 cm³/mol. The highest BCUT2D eigenvalue weighted by atomic mass is 19.1. The molecule has 0 radical (unpaired) electrons.